The molecule has 0 aliphatic carbocycles. The van der Waals surface area contributed by atoms with Crippen molar-refractivity contribution in [2.75, 3.05) is 0 Å². The normalized spacial score (nSPS) is 12.4. The Labute approximate surface area is 49.4 Å². The molecule has 0 aromatic carbocycles. The van der Waals surface area contributed by atoms with Crippen molar-refractivity contribution < 1.29 is 0 Å². The van der Waals surface area contributed by atoms with Gasteiger partial charge in [0.1, 0.15) is 0 Å². The van der Waals surface area contributed by atoms with E-state index < -0.39 is 0 Å². The first kappa shape index (κ1) is 6.95. The highest BCUT2D eigenvalue weighted by Crippen LogP contribution is 1.74. The van der Waals surface area contributed by atoms with E-state index in [1.54, 1.807) is 19.2 Å². The molecule has 0 fully saturated rings. The number of hydrogen-bond donors (Lipinski definition) is 1. The van der Waals surface area contributed by atoms with Gasteiger partial charge in [0, 0.05) is 18.1 Å². The third-order valence-electron chi connectivity index (χ3n) is 0.529. The lowest BCUT2D eigenvalue weighted by atomic mass is 10.5. The minimum atomic E-state index is 0.746. The van der Waals surface area contributed by atoms with Gasteiger partial charge in [-0.1, -0.05) is 6.58 Å². The SMILES string of the molecule is C=C/N=C\C=C(\C)N. The largest absolute Gasteiger partial charge is 0.402 e. The van der Waals surface area contributed by atoms with Crippen molar-refractivity contribution in [2.45, 2.75) is 6.92 Å². The Bertz CT molecular complexity index is 118. The van der Waals surface area contributed by atoms with Crippen LogP contribution < -0.4 is 5.73 Å². The summed E-state index contributed by atoms with van der Waals surface area (Å²) in [5.41, 5.74) is 6.01. The lowest BCUT2D eigenvalue weighted by Gasteiger charge is -1.79. The summed E-state index contributed by atoms with van der Waals surface area (Å²) in [5.74, 6) is 0. The molecule has 8 heavy (non-hydrogen) atoms. The monoisotopic (exact) mass is 110 g/mol. The van der Waals surface area contributed by atoms with E-state index in [1.165, 1.54) is 6.20 Å². The van der Waals surface area contributed by atoms with Gasteiger partial charge in [-0.2, -0.15) is 0 Å². The summed E-state index contributed by atoms with van der Waals surface area (Å²) < 4.78 is 0. The number of allylic oxidation sites excluding steroid dienone is 2. The maximum atomic E-state index is 5.27. The number of aliphatic imine (C=N–C) groups is 1. The number of nitrogens with zero attached hydrogens (tertiary/aromatic N) is 1. The molecular weight excluding hydrogens is 100 g/mol. The molecule has 2 heteroatoms. The molecule has 0 bridgehead atoms. The first-order chi connectivity index (χ1) is 3.77. The summed E-state index contributed by atoms with van der Waals surface area (Å²) in [6.07, 6.45) is 4.77. The summed E-state index contributed by atoms with van der Waals surface area (Å²) >= 11 is 0. The van der Waals surface area contributed by atoms with Crippen molar-refractivity contribution in [3.05, 3.63) is 24.6 Å². The molecule has 0 saturated heterocycles. The molecule has 0 aromatic heterocycles. The number of hydrogen-bond acceptors (Lipinski definition) is 2. The molecule has 0 radical (unpaired) electrons. The van der Waals surface area contributed by atoms with Crippen molar-refractivity contribution in [2.24, 2.45) is 10.7 Å². The fraction of sp³-hybridized carbons (Fsp3) is 0.167. The molecule has 44 valence electrons. The highest BCUT2D eigenvalue weighted by Gasteiger charge is 1.67. The summed E-state index contributed by atoms with van der Waals surface area (Å²) in [7, 11) is 0. The van der Waals surface area contributed by atoms with Gasteiger partial charge in [0.05, 0.1) is 0 Å². The van der Waals surface area contributed by atoms with Gasteiger partial charge in [-0.05, 0) is 13.0 Å². The van der Waals surface area contributed by atoms with Crippen molar-refractivity contribution in [3.8, 4) is 0 Å². The Morgan fingerprint density at radius 3 is 2.75 bits per heavy atom. The summed E-state index contributed by atoms with van der Waals surface area (Å²) in [6, 6.07) is 0. The predicted octanol–water partition coefficient (Wildman–Crippen LogP) is 1.06. The van der Waals surface area contributed by atoms with Crippen LogP contribution >= 0.6 is 0 Å². The average Bonchev–Trinajstić information content (AvgIpc) is 1.66. The first-order valence-electron chi connectivity index (χ1n) is 2.34. The van der Waals surface area contributed by atoms with Crippen LogP contribution in [0.25, 0.3) is 0 Å². The molecule has 2 nitrogen and oxygen atoms in total. The molecule has 0 aromatic rings. The molecule has 0 aliphatic rings. The van der Waals surface area contributed by atoms with E-state index in [9.17, 15) is 0 Å². The molecule has 0 atom stereocenters. The van der Waals surface area contributed by atoms with Gasteiger partial charge < -0.3 is 5.73 Å². The molecule has 0 aliphatic heterocycles. The number of nitrogens with two attached hydrogens (primary N) is 1. The first-order valence-corrected chi connectivity index (χ1v) is 2.34. The third-order valence-corrected chi connectivity index (χ3v) is 0.529. The highest BCUT2D eigenvalue weighted by molar-refractivity contribution is 5.72. The second-order valence-corrected chi connectivity index (χ2v) is 1.39. The van der Waals surface area contributed by atoms with E-state index in [1.807, 2.05) is 0 Å². The van der Waals surface area contributed by atoms with Crippen LogP contribution in [0.5, 0.6) is 0 Å². The molecule has 0 spiro atoms. The van der Waals surface area contributed by atoms with Crippen LogP contribution in [0.1, 0.15) is 6.92 Å². The Balaban J connectivity index is 3.57. The van der Waals surface area contributed by atoms with Gasteiger partial charge in [-0.15, -0.1) is 0 Å². The second-order valence-electron chi connectivity index (χ2n) is 1.39. The van der Waals surface area contributed by atoms with Crippen molar-refractivity contribution in [1.82, 2.24) is 0 Å². The predicted molar refractivity (Wildman–Crippen MR) is 36.6 cm³/mol. The Morgan fingerprint density at radius 2 is 2.38 bits per heavy atom. The van der Waals surface area contributed by atoms with E-state index in [-0.39, 0.29) is 0 Å². The topological polar surface area (TPSA) is 38.4 Å². The quantitative estimate of drug-likeness (QED) is 0.530. The van der Waals surface area contributed by atoms with Crippen LogP contribution in [0.15, 0.2) is 29.5 Å². The van der Waals surface area contributed by atoms with E-state index in [0.717, 1.165) is 5.70 Å². The van der Waals surface area contributed by atoms with E-state index in [2.05, 4.69) is 11.6 Å². The molecule has 0 heterocycles. The molecule has 0 unspecified atom stereocenters. The van der Waals surface area contributed by atoms with Crippen molar-refractivity contribution in [3.63, 3.8) is 0 Å². The van der Waals surface area contributed by atoms with Crippen molar-refractivity contribution in [1.29, 1.82) is 0 Å². The van der Waals surface area contributed by atoms with Gasteiger partial charge in [-0.3, -0.25) is 4.99 Å². The Hall–Kier alpha value is -1.05. The number of rotatable bonds is 2. The smallest absolute Gasteiger partial charge is 0.0284 e. The molecule has 0 amide bonds. The van der Waals surface area contributed by atoms with E-state index in [4.69, 9.17) is 5.73 Å². The lowest BCUT2D eigenvalue weighted by molar-refractivity contribution is 1.33. The van der Waals surface area contributed by atoms with Crippen molar-refractivity contribution >= 4 is 6.21 Å². The minimum absolute atomic E-state index is 0.746. The van der Waals surface area contributed by atoms with Crippen LogP contribution in [0.3, 0.4) is 0 Å². The van der Waals surface area contributed by atoms with Gasteiger partial charge in [0.15, 0.2) is 0 Å². The van der Waals surface area contributed by atoms with Crippen LogP contribution in [-0.2, 0) is 0 Å². The molecule has 2 N–H and O–H groups in total. The van der Waals surface area contributed by atoms with E-state index >= 15 is 0 Å². The molecule has 0 saturated carbocycles. The third kappa shape index (κ3) is 4.95. The Kier molecular flexibility index (Phi) is 3.58. The van der Waals surface area contributed by atoms with E-state index in [0.29, 0.717) is 0 Å². The zero-order chi connectivity index (χ0) is 6.41. The Morgan fingerprint density at radius 1 is 1.75 bits per heavy atom. The zero-order valence-corrected chi connectivity index (χ0v) is 4.96. The van der Waals surface area contributed by atoms with Gasteiger partial charge in [-0.25, -0.2) is 0 Å². The van der Waals surface area contributed by atoms with Gasteiger partial charge in [0.2, 0.25) is 0 Å². The molecule has 0 rings (SSSR count). The fourth-order valence-corrected chi connectivity index (χ4v) is 0.221. The maximum absolute atomic E-state index is 5.27. The highest BCUT2D eigenvalue weighted by atomic mass is 14.7. The maximum Gasteiger partial charge on any atom is 0.0284 e. The molecular formula is C6H10N2. The van der Waals surface area contributed by atoms with Gasteiger partial charge >= 0.3 is 0 Å². The lowest BCUT2D eigenvalue weighted by Crippen LogP contribution is -1.89. The van der Waals surface area contributed by atoms with Crippen LogP contribution in [0, 0.1) is 0 Å². The van der Waals surface area contributed by atoms with Crippen LogP contribution in [-0.4, -0.2) is 6.21 Å². The minimum Gasteiger partial charge on any atom is -0.402 e. The summed E-state index contributed by atoms with van der Waals surface area (Å²) in [5, 5.41) is 0. The fourth-order valence-electron chi connectivity index (χ4n) is 0.221. The second kappa shape index (κ2) is 4.12. The standard InChI is InChI=1S/C6H10N2/c1-3-8-5-4-6(2)7/h3-5H,1,7H2,2H3/b6-4-,8-5-. The van der Waals surface area contributed by atoms with Crippen LogP contribution in [0.2, 0.25) is 0 Å². The average molecular weight is 110 g/mol. The van der Waals surface area contributed by atoms with Crippen LogP contribution in [0.4, 0.5) is 0 Å². The zero-order valence-electron chi connectivity index (χ0n) is 4.96. The van der Waals surface area contributed by atoms with Gasteiger partial charge in [0.25, 0.3) is 0 Å². The summed E-state index contributed by atoms with van der Waals surface area (Å²) in [4.78, 5) is 3.69. The summed E-state index contributed by atoms with van der Waals surface area (Å²) in [6.45, 7) is 5.19.